The average molecular weight is 963 g/mol. The number of nitrogens with one attached hydrogen (secondary N) is 4. The number of ether oxygens (including phenoxy) is 3. The van der Waals surface area contributed by atoms with Crippen LogP contribution in [0.15, 0.2) is 36.5 Å². The van der Waals surface area contributed by atoms with E-state index in [-0.39, 0.29) is 96.2 Å². The number of carbonyl (C=O) groups is 7. The third kappa shape index (κ3) is 10.4. The van der Waals surface area contributed by atoms with Crippen molar-refractivity contribution in [1.82, 2.24) is 30.4 Å². The van der Waals surface area contributed by atoms with Gasteiger partial charge in [0.05, 0.1) is 55.4 Å². The molecular weight excluding hydrogens is 910 g/mol. The fourth-order valence-electron chi connectivity index (χ4n) is 9.28. The molecule has 2 aromatic carbocycles. The summed E-state index contributed by atoms with van der Waals surface area (Å²) in [5, 5.41) is 11.1. The Balaban J connectivity index is 0.747. The Labute approximate surface area is 394 Å². The van der Waals surface area contributed by atoms with Crippen LogP contribution in [0.4, 0.5) is 42.0 Å². The van der Waals surface area contributed by atoms with Crippen LogP contribution < -0.4 is 35.8 Å². The number of rotatable bonds is 17. The predicted molar refractivity (Wildman–Crippen MR) is 241 cm³/mol. The zero-order valence-corrected chi connectivity index (χ0v) is 38.1. The molecule has 2 saturated heterocycles. The fourth-order valence-corrected chi connectivity index (χ4v) is 9.28. The number of aromatic nitrogens is 2. The van der Waals surface area contributed by atoms with E-state index < -0.39 is 59.8 Å². The molecule has 5 aliphatic rings. The van der Waals surface area contributed by atoms with Crippen molar-refractivity contribution in [3.8, 4) is 5.75 Å². The van der Waals surface area contributed by atoms with Gasteiger partial charge >= 0.3 is 5.92 Å². The SMILES string of the molecule is COc1cc(C(=O)NC2CCN(C(=O)COCCOCCCNc3cccc4c3C(=O)N(C3CCC(=O)NC3=O)C4=O)CC2)c(F)cc1Nc1ncc2c(n1)N(C1CCCC1)CC(F)(F)C(=O)N2C. The second kappa shape index (κ2) is 20.8. The van der Waals surface area contributed by atoms with Crippen LogP contribution in [0.2, 0.25) is 0 Å². The normalized spacial score (nSPS) is 19.6. The maximum Gasteiger partial charge on any atom is 0.342 e. The van der Waals surface area contributed by atoms with E-state index in [9.17, 15) is 33.6 Å². The van der Waals surface area contributed by atoms with Gasteiger partial charge in [0, 0.05) is 63.5 Å². The summed E-state index contributed by atoms with van der Waals surface area (Å²) in [6, 6.07) is 5.46. The standard InChI is InChI=1S/C46H53F3N10O10/c1-56-34-23-51-45(55-39(34)58(27-7-3-4-8-27)25-46(48,49)44(56)66)53-32-22-30(47)29(21-35(32)67-2)40(62)52-26-13-16-57(17-14-26)37(61)24-69-20-19-68-18-6-15-50-31-10-5-9-28-38(31)43(65)59(42(28)64)33-11-12-36(60)54-41(33)63/h5,9-10,21-23,26-27,33,50H,3-4,6-8,11-20,24-25H2,1-2H3,(H,52,62)(H,51,53,55)(H,54,60,63). The molecule has 23 heteroatoms. The number of methoxy groups -OCH3 is 1. The number of piperidine rings is 2. The molecule has 7 amide bonds. The number of benzene rings is 2. The number of carbonyl (C=O) groups excluding carboxylic acids is 7. The highest BCUT2D eigenvalue weighted by Gasteiger charge is 2.49. The number of fused-ring (bicyclic) bond motifs is 2. The summed E-state index contributed by atoms with van der Waals surface area (Å²) < 4.78 is 62.4. The predicted octanol–water partition coefficient (Wildman–Crippen LogP) is 3.39. The highest BCUT2D eigenvalue weighted by atomic mass is 19.3. The third-order valence-corrected chi connectivity index (χ3v) is 12.9. The molecule has 0 spiro atoms. The molecule has 5 heterocycles. The lowest BCUT2D eigenvalue weighted by Crippen LogP contribution is -2.54. The van der Waals surface area contributed by atoms with Gasteiger partial charge in [0.25, 0.3) is 23.6 Å². The van der Waals surface area contributed by atoms with Crippen molar-refractivity contribution in [1.29, 1.82) is 0 Å². The lowest BCUT2D eigenvalue weighted by atomic mass is 10.0. The molecule has 1 saturated carbocycles. The van der Waals surface area contributed by atoms with Crippen LogP contribution in [-0.4, -0.2) is 152 Å². The number of likely N-dealkylation sites (tertiary alicyclic amines) is 1. The number of anilines is 5. The second-order valence-corrected chi connectivity index (χ2v) is 17.4. The van der Waals surface area contributed by atoms with E-state index >= 15 is 13.2 Å². The van der Waals surface area contributed by atoms with Crippen molar-refractivity contribution in [3.63, 3.8) is 0 Å². The zero-order chi connectivity index (χ0) is 49.0. The average Bonchev–Trinajstić information content (AvgIpc) is 3.95. The minimum atomic E-state index is -3.65. The van der Waals surface area contributed by atoms with Gasteiger partial charge in [-0.15, -0.1) is 0 Å². The first-order valence-corrected chi connectivity index (χ1v) is 22.9. The minimum Gasteiger partial charge on any atom is -0.495 e. The van der Waals surface area contributed by atoms with E-state index in [0.717, 1.165) is 28.7 Å². The molecule has 1 aliphatic carbocycles. The van der Waals surface area contributed by atoms with Crippen molar-refractivity contribution in [2.75, 3.05) is 87.2 Å². The summed E-state index contributed by atoms with van der Waals surface area (Å²) in [4.78, 5) is 103. The van der Waals surface area contributed by atoms with Crippen molar-refractivity contribution < 1.29 is 60.9 Å². The summed E-state index contributed by atoms with van der Waals surface area (Å²) in [6.07, 6.45) is 5.77. The van der Waals surface area contributed by atoms with Crippen molar-refractivity contribution in [3.05, 3.63) is 59.0 Å². The largest absolute Gasteiger partial charge is 0.495 e. The lowest BCUT2D eigenvalue weighted by molar-refractivity contribution is -0.140. The number of imide groups is 2. The minimum absolute atomic E-state index is 0.0290. The molecule has 4 N–H and O–H groups in total. The molecule has 1 aromatic heterocycles. The van der Waals surface area contributed by atoms with Crippen LogP contribution >= 0.6 is 0 Å². The van der Waals surface area contributed by atoms with Crippen LogP contribution in [-0.2, 0) is 28.7 Å². The molecule has 0 radical (unpaired) electrons. The van der Waals surface area contributed by atoms with Gasteiger partial charge in [0.1, 0.15) is 29.9 Å². The molecule has 8 rings (SSSR count). The molecule has 20 nitrogen and oxygen atoms in total. The molecular formula is C46H53F3N10O10. The Morgan fingerprint density at radius 2 is 1.70 bits per heavy atom. The summed E-state index contributed by atoms with van der Waals surface area (Å²) in [6.45, 7) is 0.796. The van der Waals surface area contributed by atoms with Gasteiger partial charge in [0.2, 0.25) is 23.7 Å². The van der Waals surface area contributed by atoms with Gasteiger partial charge in [-0.3, -0.25) is 43.8 Å². The highest BCUT2D eigenvalue weighted by molar-refractivity contribution is 6.25. The van der Waals surface area contributed by atoms with E-state index in [1.165, 1.54) is 37.4 Å². The van der Waals surface area contributed by atoms with Crippen LogP contribution in [0, 0.1) is 5.82 Å². The first-order valence-electron chi connectivity index (χ1n) is 22.9. The zero-order valence-electron chi connectivity index (χ0n) is 38.1. The van der Waals surface area contributed by atoms with E-state index in [1.54, 1.807) is 17.0 Å². The van der Waals surface area contributed by atoms with E-state index in [2.05, 4.69) is 31.2 Å². The molecule has 69 heavy (non-hydrogen) atoms. The Morgan fingerprint density at radius 3 is 2.43 bits per heavy atom. The first kappa shape index (κ1) is 48.6. The van der Waals surface area contributed by atoms with Crippen LogP contribution in [0.3, 0.4) is 0 Å². The number of halogens is 3. The highest BCUT2D eigenvalue weighted by Crippen LogP contribution is 2.40. The smallest absolute Gasteiger partial charge is 0.342 e. The van der Waals surface area contributed by atoms with E-state index in [0.29, 0.717) is 64.0 Å². The number of hydrogen-bond acceptors (Lipinski definition) is 15. The third-order valence-electron chi connectivity index (χ3n) is 12.9. The maximum atomic E-state index is 15.6. The van der Waals surface area contributed by atoms with E-state index in [4.69, 9.17) is 14.2 Å². The molecule has 3 aromatic rings. The Kier molecular flexibility index (Phi) is 14.6. The molecule has 0 bridgehead atoms. The molecule has 3 fully saturated rings. The van der Waals surface area contributed by atoms with Crippen LogP contribution in [0.5, 0.6) is 5.75 Å². The van der Waals surface area contributed by atoms with Crippen molar-refractivity contribution in [2.45, 2.75) is 81.8 Å². The quantitative estimate of drug-likeness (QED) is 0.112. The van der Waals surface area contributed by atoms with Gasteiger partial charge in [-0.1, -0.05) is 18.9 Å². The van der Waals surface area contributed by atoms with Crippen LogP contribution in [0.1, 0.15) is 88.9 Å². The molecule has 368 valence electrons. The molecule has 4 aliphatic heterocycles. The Morgan fingerprint density at radius 1 is 0.942 bits per heavy atom. The van der Waals surface area contributed by atoms with Crippen LogP contribution in [0.25, 0.3) is 0 Å². The summed E-state index contributed by atoms with van der Waals surface area (Å²) in [5.41, 5.74) is 0.705. The topological polar surface area (TPSA) is 234 Å². The van der Waals surface area contributed by atoms with Gasteiger partial charge in [-0.25, -0.2) is 9.37 Å². The van der Waals surface area contributed by atoms with Gasteiger partial charge in [-0.05, 0) is 56.7 Å². The summed E-state index contributed by atoms with van der Waals surface area (Å²) in [7, 11) is 2.58. The molecule has 1 unspecified atom stereocenters. The van der Waals surface area contributed by atoms with Gasteiger partial charge < -0.3 is 44.9 Å². The summed E-state index contributed by atoms with van der Waals surface area (Å²) >= 11 is 0. The monoisotopic (exact) mass is 962 g/mol. The van der Waals surface area contributed by atoms with Crippen molar-refractivity contribution >= 4 is 70.2 Å². The summed E-state index contributed by atoms with van der Waals surface area (Å²) in [5.74, 6) is -8.94. The second-order valence-electron chi connectivity index (χ2n) is 17.4. The Hall–Kier alpha value is -6.88. The molecule has 1 atom stereocenters. The van der Waals surface area contributed by atoms with Crippen molar-refractivity contribution in [2.24, 2.45) is 0 Å². The van der Waals surface area contributed by atoms with E-state index in [1.807, 2.05) is 0 Å². The maximum absolute atomic E-state index is 15.6. The number of amides is 7. The number of alkyl halides is 2. The fraction of sp³-hybridized carbons (Fsp3) is 0.500. The Bertz CT molecular complexity index is 2520. The lowest BCUT2D eigenvalue weighted by Gasteiger charge is -2.32. The number of nitrogens with zero attached hydrogens (tertiary/aromatic N) is 6. The van der Waals surface area contributed by atoms with Gasteiger partial charge in [0.15, 0.2) is 5.82 Å². The first-order chi connectivity index (χ1) is 33.1. The number of hydrogen-bond donors (Lipinski definition) is 4. The van der Waals surface area contributed by atoms with Gasteiger partial charge in [-0.2, -0.15) is 13.8 Å².